The summed E-state index contributed by atoms with van der Waals surface area (Å²) in [6.07, 6.45) is 1.97. The van der Waals surface area contributed by atoms with Gasteiger partial charge in [0.1, 0.15) is 11.3 Å². The average Bonchev–Trinajstić information content (AvgIpc) is 3.01. The molecule has 0 aliphatic carbocycles. The van der Waals surface area contributed by atoms with Gasteiger partial charge in [0, 0.05) is 6.54 Å². The van der Waals surface area contributed by atoms with Gasteiger partial charge in [-0.15, -0.1) is 0 Å². The van der Waals surface area contributed by atoms with Crippen molar-refractivity contribution >= 4 is 16.9 Å². The molecule has 1 amide bonds. The van der Waals surface area contributed by atoms with E-state index in [2.05, 4.69) is 6.92 Å². The summed E-state index contributed by atoms with van der Waals surface area (Å²) in [6.45, 7) is 6.38. The van der Waals surface area contributed by atoms with Crippen LogP contribution < -0.4 is 10.2 Å². The fourth-order valence-electron chi connectivity index (χ4n) is 4.31. The summed E-state index contributed by atoms with van der Waals surface area (Å²) >= 11 is 0. The summed E-state index contributed by atoms with van der Waals surface area (Å²) in [6, 6.07) is 10.5. The molecule has 6 heteroatoms. The number of amides is 1. The van der Waals surface area contributed by atoms with Gasteiger partial charge in [-0.2, -0.15) is 0 Å². The van der Waals surface area contributed by atoms with Gasteiger partial charge >= 0.3 is 0 Å². The van der Waals surface area contributed by atoms with Crippen LogP contribution in [0, 0.1) is 13.8 Å². The molecule has 4 rings (SSSR count). The average molecular weight is 421 g/mol. The Morgan fingerprint density at radius 2 is 1.97 bits per heavy atom. The normalized spacial score (nSPS) is 15.5. The SMILES string of the molecule is CCCCOc1cccc(C2c3c(oc4cc(C)cc(C)c4c3=O)C(=O)N2CCO)c1. The monoisotopic (exact) mass is 421 g/mol. The Bertz CT molecular complexity index is 1200. The van der Waals surface area contributed by atoms with E-state index in [0.29, 0.717) is 28.9 Å². The zero-order valence-corrected chi connectivity index (χ0v) is 18.1. The molecule has 31 heavy (non-hydrogen) atoms. The maximum atomic E-state index is 13.6. The maximum Gasteiger partial charge on any atom is 0.290 e. The Kier molecular flexibility index (Phi) is 5.83. The molecule has 162 valence electrons. The van der Waals surface area contributed by atoms with E-state index in [9.17, 15) is 14.7 Å². The molecule has 0 spiro atoms. The van der Waals surface area contributed by atoms with Gasteiger partial charge < -0.3 is 19.2 Å². The van der Waals surface area contributed by atoms with E-state index in [4.69, 9.17) is 9.15 Å². The minimum Gasteiger partial charge on any atom is -0.494 e. The molecular weight excluding hydrogens is 394 g/mol. The molecule has 1 aromatic heterocycles. The van der Waals surface area contributed by atoms with Crippen LogP contribution in [0.2, 0.25) is 0 Å². The molecule has 1 N–H and O–H groups in total. The van der Waals surface area contributed by atoms with Crippen molar-refractivity contribution in [1.29, 1.82) is 0 Å². The summed E-state index contributed by atoms with van der Waals surface area (Å²) in [7, 11) is 0. The first-order chi connectivity index (χ1) is 15.0. The van der Waals surface area contributed by atoms with Crippen molar-refractivity contribution in [3.63, 3.8) is 0 Å². The lowest BCUT2D eigenvalue weighted by atomic mass is 9.96. The number of unbranched alkanes of at least 4 members (excludes halogenated alkanes) is 1. The number of aryl methyl sites for hydroxylation is 2. The second-order valence-corrected chi connectivity index (χ2v) is 8.03. The lowest BCUT2D eigenvalue weighted by Crippen LogP contribution is -2.32. The first-order valence-electron chi connectivity index (χ1n) is 10.7. The number of ether oxygens (including phenoxy) is 1. The predicted octanol–water partition coefficient (Wildman–Crippen LogP) is 4.13. The first kappa shape index (κ1) is 21.1. The quantitative estimate of drug-likeness (QED) is 0.581. The number of fused-ring (bicyclic) bond motifs is 2. The molecule has 1 aliphatic rings. The minimum atomic E-state index is -0.634. The molecule has 0 saturated carbocycles. The molecule has 2 heterocycles. The van der Waals surface area contributed by atoms with Crippen LogP contribution >= 0.6 is 0 Å². The highest BCUT2D eigenvalue weighted by molar-refractivity contribution is 5.99. The molecular formula is C25H27NO5. The topological polar surface area (TPSA) is 80.0 Å². The molecule has 0 radical (unpaired) electrons. The predicted molar refractivity (Wildman–Crippen MR) is 119 cm³/mol. The molecule has 0 bridgehead atoms. The van der Waals surface area contributed by atoms with Gasteiger partial charge in [-0.3, -0.25) is 9.59 Å². The number of β-amino-alcohol motifs (C(OH)–C–C–N with tert-alkyl or cyclic N) is 1. The number of carbonyl (C=O) groups is 1. The van der Waals surface area contributed by atoms with E-state index in [0.717, 1.165) is 29.5 Å². The van der Waals surface area contributed by atoms with Crippen molar-refractivity contribution < 1.29 is 19.1 Å². The molecule has 3 aromatic rings. The van der Waals surface area contributed by atoms with E-state index in [1.54, 1.807) is 6.07 Å². The van der Waals surface area contributed by atoms with Gasteiger partial charge in [0.15, 0.2) is 5.43 Å². The first-order valence-corrected chi connectivity index (χ1v) is 10.7. The number of hydrogen-bond donors (Lipinski definition) is 1. The van der Waals surface area contributed by atoms with Crippen molar-refractivity contribution in [2.24, 2.45) is 0 Å². The fraction of sp³-hybridized carbons (Fsp3) is 0.360. The fourth-order valence-corrected chi connectivity index (χ4v) is 4.31. The number of rotatable bonds is 7. The Balaban J connectivity index is 1.89. The number of carbonyl (C=O) groups excluding carboxylic acids is 1. The number of benzene rings is 2. The van der Waals surface area contributed by atoms with Crippen LogP contribution in [0.4, 0.5) is 0 Å². The molecule has 6 nitrogen and oxygen atoms in total. The van der Waals surface area contributed by atoms with Crippen LogP contribution in [-0.2, 0) is 0 Å². The van der Waals surface area contributed by atoms with Gasteiger partial charge in [0.25, 0.3) is 5.91 Å². The van der Waals surface area contributed by atoms with Crippen molar-refractivity contribution in [3.05, 3.63) is 74.6 Å². The standard InChI is InChI=1S/C25H27NO5/c1-4-5-11-30-18-8-6-7-17(14-18)22-21-23(28)20-16(3)12-15(2)13-19(20)31-24(21)25(29)26(22)9-10-27/h6-8,12-14,22,27H,4-5,9-11H2,1-3H3. The smallest absolute Gasteiger partial charge is 0.290 e. The second-order valence-electron chi connectivity index (χ2n) is 8.03. The summed E-state index contributed by atoms with van der Waals surface area (Å²) in [5.41, 5.74) is 3.06. The molecule has 2 aromatic carbocycles. The number of aliphatic hydroxyl groups is 1. The highest BCUT2D eigenvalue weighted by atomic mass is 16.5. The third kappa shape index (κ3) is 3.72. The van der Waals surface area contributed by atoms with Crippen molar-refractivity contribution in [1.82, 2.24) is 4.90 Å². The van der Waals surface area contributed by atoms with Crippen LogP contribution in [0.15, 0.2) is 45.6 Å². The zero-order chi connectivity index (χ0) is 22.1. The van der Waals surface area contributed by atoms with Crippen LogP contribution in [0.25, 0.3) is 11.0 Å². The maximum absolute atomic E-state index is 13.6. The van der Waals surface area contributed by atoms with Crippen LogP contribution in [-0.4, -0.2) is 35.7 Å². The highest BCUT2D eigenvalue weighted by Gasteiger charge is 2.42. The van der Waals surface area contributed by atoms with Crippen LogP contribution in [0.3, 0.4) is 0 Å². The summed E-state index contributed by atoms with van der Waals surface area (Å²) in [5.74, 6) is 0.357. The lowest BCUT2D eigenvalue weighted by molar-refractivity contribution is 0.0691. The number of nitrogens with zero attached hydrogens (tertiary/aromatic N) is 1. The van der Waals surface area contributed by atoms with E-state index >= 15 is 0 Å². The summed E-state index contributed by atoms with van der Waals surface area (Å²) in [5, 5.41) is 10.1. The van der Waals surface area contributed by atoms with Gasteiger partial charge in [-0.25, -0.2) is 0 Å². The summed E-state index contributed by atoms with van der Waals surface area (Å²) < 4.78 is 11.8. The minimum absolute atomic E-state index is 0.0539. The zero-order valence-electron chi connectivity index (χ0n) is 18.1. The number of hydrogen-bond acceptors (Lipinski definition) is 5. The van der Waals surface area contributed by atoms with Gasteiger partial charge in [-0.05, 0) is 55.2 Å². The van der Waals surface area contributed by atoms with E-state index in [1.807, 2.05) is 44.2 Å². The van der Waals surface area contributed by atoms with Crippen LogP contribution in [0.1, 0.15) is 58.6 Å². The highest BCUT2D eigenvalue weighted by Crippen LogP contribution is 2.39. The van der Waals surface area contributed by atoms with E-state index in [1.165, 1.54) is 4.90 Å². The van der Waals surface area contributed by atoms with Crippen molar-refractivity contribution in [3.8, 4) is 5.75 Å². The van der Waals surface area contributed by atoms with Crippen LogP contribution in [0.5, 0.6) is 5.75 Å². The molecule has 1 aliphatic heterocycles. The number of aliphatic hydroxyl groups excluding tert-OH is 1. The second kappa shape index (κ2) is 8.55. The van der Waals surface area contributed by atoms with Gasteiger partial charge in [0.2, 0.25) is 5.76 Å². The molecule has 1 unspecified atom stereocenters. The van der Waals surface area contributed by atoms with Crippen molar-refractivity contribution in [2.75, 3.05) is 19.8 Å². The van der Waals surface area contributed by atoms with E-state index < -0.39 is 6.04 Å². The largest absolute Gasteiger partial charge is 0.494 e. The Morgan fingerprint density at radius 3 is 2.71 bits per heavy atom. The Morgan fingerprint density at radius 1 is 1.16 bits per heavy atom. The Hall–Kier alpha value is -3.12. The summed E-state index contributed by atoms with van der Waals surface area (Å²) in [4.78, 5) is 28.3. The molecule has 0 saturated heterocycles. The van der Waals surface area contributed by atoms with Gasteiger partial charge in [-0.1, -0.05) is 31.5 Å². The molecule has 0 fully saturated rings. The Labute approximate surface area is 181 Å². The lowest BCUT2D eigenvalue weighted by Gasteiger charge is -2.24. The third-order valence-corrected chi connectivity index (χ3v) is 5.69. The third-order valence-electron chi connectivity index (χ3n) is 5.69. The van der Waals surface area contributed by atoms with Crippen molar-refractivity contribution in [2.45, 2.75) is 39.7 Å². The van der Waals surface area contributed by atoms with E-state index in [-0.39, 0.29) is 30.2 Å². The molecule has 1 atom stereocenters. The van der Waals surface area contributed by atoms with Gasteiger partial charge in [0.05, 0.1) is 30.2 Å².